The number of hydrogen-bond acceptors (Lipinski definition) is 2. The Kier molecular flexibility index (Phi) is 8.08. The van der Waals surface area contributed by atoms with E-state index in [-0.39, 0.29) is 18.3 Å². The van der Waals surface area contributed by atoms with Crippen molar-refractivity contribution in [2.45, 2.75) is 19.4 Å². The largest absolute Gasteiger partial charge is 0.342 e. The number of carbonyl (C=O) groups is 1. The number of nitrogens with two attached hydrogens (primary N) is 1. The Morgan fingerprint density at radius 3 is 2.50 bits per heavy atom. The summed E-state index contributed by atoms with van der Waals surface area (Å²) in [7, 11) is 1.82. The van der Waals surface area contributed by atoms with E-state index >= 15 is 0 Å². The first kappa shape index (κ1) is 16.7. The second kappa shape index (κ2) is 8.72. The molecule has 0 aromatic heterocycles. The van der Waals surface area contributed by atoms with Gasteiger partial charge in [0.1, 0.15) is 0 Å². The predicted octanol–water partition coefficient (Wildman–Crippen LogP) is 2.61. The average molecular weight is 269 g/mol. The molecule has 0 fully saturated rings. The van der Waals surface area contributed by atoms with Crippen molar-refractivity contribution in [3.63, 3.8) is 0 Å². The van der Waals surface area contributed by atoms with E-state index in [4.69, 9.17) is 5.73 Å². The van der Waals surface area contributed by atoms with Crippen molar-refractivity contribution in [2.24, 2.45) is 5.73 Å². The van der Waals surface area contributed by atoms with Gasteiger partial charge in [-0.1, -0.05) is 18.2 Å². The molecule has 100 valence electrons. The van der Waals surface area contributed by atoms with Crippen LogP contribution in [0.5, 0.6) is 0 Å². The van der Waals surface area contributed by atoms with Crippen molar-refractivity contribution in [1.82, 2.24) is 4.90 Å². The van der Waals surface area contributed by atoms with Crippen molar-refractivity contribution in [1.29, 1.82) is 0 Å². The number of carbonyl (C=O) groups excluding carboxylic acids is 1. The summed E-state index contributed by atoms with van der Waals surface area (Å²) in [5.41, 5.74) is 7.26. The maximum Gasteiger partial charge on any atom is 0.253 e. The third-order valence-electron chi connectivity index (χ3n) is 2.69. The number of hydrogen-bond donors (Lipinski definition) is 1. The quantitative estimate of drug-likeness (QED) is 0.637. The van der Waals surface area contributed by atoms with Gasteiger partial charge in [0.25, 0.3) is 5.91 Å². The molecule has 0 unspecified atom stereocenters. The van der Waals surface area contributed by atoms with Gasteiger partial charge >= 0.3 is 0 Å². The fourth-order valence-electron chi connectivity index (χ4n) is 1.58. The van der Waals surface area contributed by atoms with E-state index < -0.39 is 0 Å². The number of rotatable bonds is 6. The lowest BCUT2D eigenvalue weighted by molar-refractivity contribution is 0.0794. The fraction of sp³-hybridized carbons (Fsp3) is 0.357. The van der Waals surface area contributed by atoms with Crippen molar-refractivity contribution >= 4 is 18.3 Å². The maximum atomic E-state index is 12.0. The van der Waals surface area contributed by atoms with E-state index in [9.17, 15) is 4.79 Å². The Morgan fingerprint density at radius 2 is 2.00 bits per heavy atom. The van der Waals surface area contributed by atoms with Crippen LogP contribution in [0.2, 0.25) is 0 Å². The second-order valence-corrected chi connectivity index (χ2v) is 4.06. The number of nitrogens with zero attached hydrogens (tertiary/aromatic N) is 1. The summed E-state index contributed by atoms with van der Waals surface area (Å²) in [5.74, 6) is 0.0534. The molecule has 0 aliphatic carbocycles. The van der Waals surface area contributed by atoms with Crippen LogP contribution in [-0.4, -0.2) is 24.4 Å². The van der Waals surface area contributed by atoms with Gasteiger partial charge in [0.15, 0.2) is 0 Å². The number of allylic oxidation sites excluding steroid dienone is 1. The normalized spacial score (nSPS) is 9.44. The lowest BCUT2D eigenvalue weighted by Crippen LogP contribution is -2.27. The van der Waals surface area contributed by atoms with Crippen LogP contribution in [0.4, 0.5) is 0 Å². The highest BCUT2D eigenvalue weighted by Gasteiger charge is 2.10. The molecule has 0 heterocycles. The topological polar surface area (TPSA) is 46.3 Å². The number of amides is 1. The van der Waals surface area contributed by atoms with Gasteiger partial charge in [0, 0.05) is 25.7 Å². The van der Waals surface area contributed by atoms with Gasteiger partial charge in [0.05, 0.1) is 0 Å². The molecule has 1 amide bonds. The number of halogens is 1. The predicted molar refractivity (Wildman–Crippen MR) is 78.0 cm³/mol. The van der Waals surface area contributed by atoms with Gasteiger partial charge in [-0.15, -0.1) is 19.0 Å². The van der Waals surface area contributed by atoms with Gasteiger partial charge in [-0.05, 0) is 30.5 Å². The van der Waals surface area contributed by atoms with E-state index in [2.05, 4.69) is 6.58 Å². The Balaban J connectivity index is 0.00000289. The summed E-state index contributed by atoms with van der Waals surface area (Å²) in [6.45, 7) is 4.92. The van der Waals surface area contributed by atoms with Crippen LogP contribution in [0.25, 0.3) is 0 Å². The van der Waals surface area contributed by atoms with Gasteiger partial charge in [-0.2, -0.15) is 0 Å². The Bertz CT molecular complexity index is 376. The molecule has 4 heteroatoms. The second-order valence-electron chi connectivity index (χ2n) is 4.06. The summed E-state index contributed by atoms with van der Waals surface area (Å²) in [5, 5.41) is 0. The molecule has 3 nitrogen and oxygen atoms in total. The first-order chi connectivity index (χ1) is 8.19. The van der Waals surface area contributed by atoms with Crippen molar-refractivity contribution in [3.8, 4) is 0 Å². The third kappa shape index (κ3) is 4.90. The summed E-state index contributed by atoms with van der Waals surface area (Å²) >= 11 is 0. The highest BCUT2D eigenvalue weighted by atomic mass is 35.5. The molecule has 0 atom stereocenters. The Hall–Kier alpha value is -1.32. The first-order valence-corrected chi connectivity index (χ1v) is 5.84. The van der Waals surface area contributed by atoms with E-state index in [1.807, 2.05) is 37.4 Å². The molecule has 0 aliphatic rings. The molecule has 0 bridgehead atoms. The highest BCUT2D eigenvalue weighted by Crippen LogP contribution is 2.07. The molecular weight excluding hydrogens is 248 g/mol. The Labute approximate surface area is 115 Å². The van der Waals surface area contributed by atoms with Gasteiger partial charge in [-0.3, -0.25) is 4.79 Å². The Morgan fingerprint density at radius 1 is 1.39 bits per heavy atom. The summed E-state index contributed by atoms with van der Waals surface area (Å²) in [4.78, 5) is 13.7. The van der Waals surface area contributed by atoms with Gasteiger partial charge in [-0.25, -0.2) is 0 Å². The van der Waals surface area contributed by atoms with Crippen LogP contribution in [0.15, 0.2) is 36.9 Å². The van der Waals surface area contributed by atoms with Crippen LogP contribution in [0.1, 0.15) is 28.8 Å². The molecule has 1 rings (SSSR count). The zero-order valence-electron chi connectivity index (χ0n) is 10.8. The smallest absolute Gasteiger partial charge is 0.253 e. The van der Waals surface area contributed by atoms with E-state index in [1.54, 1.807) is 4.90 Å². The summed E-state index contributed by atoms with van der Waals surface area (Å²) in [6, 6.07) is 7.44. The molecule has 0 aliphatic heterocycles. The molecular formula is C14H21ClN2O. The van der Waals surface area contributed by atoms with Crippen LogP contribution in [0.3, 0.4) is 0 Å². The van der Waals surface area contributed by atoms with Crippen LogP contribution >= 0.6 is 12.4 Å². The van der Waals surface area contributed by atoms with Crippen LogP contribution < -0.4 is 5.73 Å². The molecule has 1 aromatic rings. The van der Waals surface area contributed by atoms with E-state index in [0.29, 0.717) is 12.1 Å². The van der Waals surface area contributed by atoms with Crippen molar-refractivity contribution < 1.29 is 4.79 Å². The SMILES string of the molecule is C=CCCCN(C)C(=O)c1ccc(CN)cc1.Cl. The number of benzene rings is 1. The molecule has 0 saturated carbocycles. The minimum atomic E-state index is 0. The lowest BCUT2D eigenvalue weighted by Gasteiger charge is -2.16. The summed E-state index contributed by atoms with van der Waals surface area (Å²) in [6.07, 6.45) is 3.75. The zero-order chi connectivity index (χ0) is 12.7. The van der Waals surface area contributed by atoms with Crippen LogP contribution in [-0.2, 0) is 6.54 Å². The molecule has 2 N–H and O–H groups in total. The number of unbranched alkanes of at least 4 members (excludes halogenated alkanes) is 1. The van der Waals surface area contributed by atoms with Gasteiger partial charge < -0.3 is 10.6 Å². The molecule has 0 spiro atoms. The minimum Gasteiger partial charge on any atom is -0.342 e. The zero-order valence-corrected chi connectivity index (χ0v) is 11.6. The van der Waals surface area contributed by atoms with Crippen molar-refractivity contribution in [2.75, 3.05) is 13.6 Å². The molecule has 0 radical (unpaired) electrons. The first-order valence-electron chi connectivity index (χ1n) is 5.84. The van der Waals surface area contributed by atoms with E-state index in [1.165, 1.54) is 0 Å². The monoisotopic (exact) mass is 268 g/mol. The van der Waals surface area contributed by atoms with E-state index in [0.717, 1.165) is 24.9 Å². The average Bonchev–Trinajstić information content (AvgIpc) is 2.38. The molecule has 1 aromatic carbocycles. The fourth-order valence-corrected chi connectivity index (χ4v) is 1.58. The molecule has 0 saturated heterocycles. The molecule has 18 heavy (non-hydrogen) atoms. The third-order valence-corrected chi connectivity index (χ3v) is 2.69. The maximum absolute atomic E-state index is 12.0. The lowest BCUT2D eigenvalue weighted by atomic mass is 10.1. The minimum absolute atomic E-state index is 0. The van der Waals surface area contributed by atoms with Gasteiger partial charge in [0.2, 0.25) is 0 Å². The summed E-state index contributed by atoms with van der Waals surface area (Å²) < 4.78 is 0. The highest BCUT2D eigenvalue weighted by molar-refractivity contribution is 5.94. The standard InChI is InChI=1S/C14H20N2O.ClH/c1-3-4-5-10-16(2)14(17)13-8-6-12(11-15)7-9-13;/h3,6-9H,1,4-5,10-11,15H2,2H3;1H. The van der Waals surface area contributed by atoms with Crippen molar-refractivity contribution in [3.05, 3.63) is 48.0 Å². The van der Waals surface area contributed by atoms with Crippen LogP contribution in [0, 0.1) is 0 Å².